The van der Waals surface area contributed by atoms with Crippen molar-refractivity contribution in [1.29, 1.82) is 0 Å². The van der Waals surface area contributed by atoms with Crippen LogP contribution >= 0.6 is 0 Å². The van der Waals surface area contributed by atoms with E-state index >= 15 is 0 Å². The van der Waals surface area contributed by atoms with E-state index in [-0.39, 0.29) is 19.3 Å². The zero-order chi connectivity index (χ0) is 16.1. The monoisotopic (exact) mass is 307 g/mol. The van der Waals surface area contributed by atoms with Crippen molar-refractivity contribution in [2.24, 2.45) is 0 Å². The lowest BCUT2D eigenvalue weighted by molar-refractivity contribution is -0.108. The zero-order valence-corrected chi connectivity index (χ0v) is 13.6. The first-order valence-corrected chi connectivity index (χ1v) is 7.53. The second-order valence-electron chi connectivity index (χ2n) is 7.04. The van der Waals surface area contributed by atoms with Gasteiger partial charge in [0.1, 0.15) is 12.7 Å². The van der Waals surface area contributed by atoms with Gasteiger partial charge in [0, 0.05) is 12.8 Å². The van der Waals surface area contributed by atoms with Crippen molar-refractivity contribution < 1.29 is 29.5 Å². The van der Waals surface area contributed by atoms with Gasteiger partial charge in [-0.2, -0.15) is 0 Å². The molecule has 1 saturated heterocycles. The van der Waals surface area contributed by atoms with E-state index in [1.807, 2.05) is 27.7 Å². The number of hydrogen-bond donors (Lipinski definition) is 2. The number of hydrogen-bond acceptors (Lipinski definition) is 5. The molecule has 0 amide bonds. The van der Waals surface area contributed by atoms with Gasteiger partial charge in [-0.1, -0.05) is 0 Å². The lowest BCUT2D eigenvalue weighted by atomic mass is 9.99. The summed E-state index contributed by atoms with van der Waals surface area (Å²) in [7, 11) is 0. The Kier molecular flexibility index (Phi) is 7.03. The van der Waals surface area contributed by atoms with Gasteiger partial charge in [0.25, 0.3) is 0 Å². The highest BCUT2D eigenvalue weighted by Gasteiger charge is 2.30. The van der Waals surface area contributed by atoms with Crippen LogP contribution in [0.15, 0.2) is 0 Å². The van der Waals surface area contributed by atoms with Crippen molar-refractivity contribution in [3.63, 3.8) is 0 Å². The zero-order valence-electron chi connectivity index (χ0n) is 13.6. The van der Waals surface area contributed by atoms with E-state index < -0.39 is 23.4 Å². The van der Waals surface area contributed by atoms with Crippen LogP contribution in [-0.4, -0.2) is 71.3 Å². The summed E-state index contributed by atoms with van der Waals surface area (Å²) in [6, 6.07) is 0. The average molecular weight is 307 g/mol. The first-order chi connectivity index (χ1) is 9.63. The summed E-state index contributed by atoms with van der Waals surface area (Å²) in [5.41, 5.74) is -0.967. The Morgan fingerprint density at radius 3 is 2.29 bits per heavy atom. The molecular formula is C15H31O6+. The van der Waals surface area contributed by atoms with Crippen LogP contribution < -0.4 is 0 Å². The molecule has 6 heteroatoms. The maximum atomic E-state index is 10.1. The maximum Gasteiger partial charge on any atom is 0.179 e. The summed E-state index contributed by atoms with van der Waals surface area (Å²) in [6.07, 6.45) is -0.0767. The molecule has 3 atom stereocenters. The van der Waals surface area contributed by atoms with Crippen LogP contribution in [0.1, 0.15) is 40.5 Å². The highest BCUT2D eigenvalue weighted by Crippen LogP contribution is 2.22. The van der Waals surface area contributed by atoms with Crippen molar-refractivity contribution in [3.05, 3.63) is 0 Å². The summed E-state index contributed by atoms with van der Waals surface area (Å²) >= 11 is 0. The molecule has 0 aromatic heterocycles. The van der Waals surface area contributed by atoms with Gasteiger partial charge in [0.05, 0.1) is 37.1 Å². The van der Waals surface area contributed by atoms with E-state index in [1.54, 1.807) is 0 Å². The maximum absolute atomic E-state index is 10.1. The molecule has 6 nitrogen and oxygen atoms in total. The molecule has 1 aliphatic heterocycles. The summed E-state index contributed by atoms with van der Waals surface area (Å²) < 4.78 is 16.5. The van der Waals surface area contributed by atoms with Crippen LogP contribution in [0.4, 0.5) is 0 Å². The number of aliphatic hydroxyl groups is 2. The fourth-order valence-corrected chi connectivity index (χ4v) is 2.21. The molecule has 1 aliphatic rings. The molecule has 3 unspecified atom stereocenters. The molecule has 0 aromatic carbocycles. The minimum absolute atomic E-state index is 0.181. The van der Waals surface area contributed by atoms with Gasteiger partial charge in [-0.05, 0) is 27.7 Å². The van der Waals surface area contributed by atoms with Gasteiger partial charge in [0.15, 0.2) is 6.10 Å². The largest absolute Gasteiger partial charge is 0.441 e. The molecule has 0 spiro atoms. The summed E-state index contributed by atoms with van der Waals surface area (Å²) in [6.45, 7) is 8.94. The first-order valence-electron chi connectivity index (χ1n) is 7.53. The molecule has 0 bridgehead atoms. The van der Waals surface area contributed by atoms with Crippen molar-refractivity contribution in [3.8, 4) is 0 Å². The fraction of sp³-hybridized carbons (Fsp3) is 1.00. The fourth-order valence-electron chi connectivity index (χ4n) is 2.21. The number of ether oxygens (including phenoxy) is 3. The standard InChI is InChI=1S/C15H30O6/c1-14(2,5-11(17)7-16)20-8-12(18)6-15(3,4)21-10-13-9-19-13/h11-13,16-18H,5-10H2,1-4H3/p+1. The molecule has 1 rings (SSSR count). The molecule has 1 heterocycles. The van der Waals surface area contributed by atoms with Crippen molar-refractivity contribution in [1.82, 2.24) is 0 Å². The van der Waals surface area contributed by atoms with Crippen LogP contribution in [0.3, 0.4) is 0 Å². The Balaban J connectivity index is 2.26. The third-order valence-corrected chi connectivity index (χ3v) is 3.41. The van der Waals surface area contributed by atoms with Gasteiger partial charge in [-0.25, -0.2) is 0 Å². The SMILES string of the molecule is CC(C)(CC(O)COC(C)(C)CC([OH2+])CO)OCC1CO1. The lowest BCUT2D eigenvalue weighted by Gasteiger charge is -2.30. The van der Waals surface area contributed by atoms with Crippen LogP contribution in [0.25, 0.3) is 0 Å². The second-order valence-corrected chi connectivity index (χ2v) is 7.04. The third kappa shape index (κ3) is 8.70. The van der Waals surface area contributed by atoms with Gasteiger partial charge >= 0.3 is 0 Å². The van der Waals surface area contributed by atoms with Crippen molar-refractivity contribution in [2.75, 3.05) is 26.4 Å². The van der Waals surface area contributed by atoms with E-state index in [9.17, 15) is 5.11 Å². The van der Waals surface area contributed by atoms with Gasteiger partial charge in [-0.15, -0.1) is 0 Å². The molecule has 0 saturated carbocycles. The van der Waals surface area contributed by atoms with E-state index in [1.165, 1.54) is 0 Å². The lowest BCUT2D eigenvalue weighted by Crippen LogP contribution is -2.37. The highest BCUT2D eigenvalue weighted by atomic mass is 16.6. The van der Waals surface area contributed by atoms with E-state index in [2.05, 4.69) is 0 Å². The van der Waals surface area contributed by atoms with Crippen LogP contribution in [0.5, 0.6) is 0 Å². The van der Waals surface area contributed by atoms with E-state index in [0.717, 1.165) is 6.61 Å². The predicted octanol–water partition coefficient (Wildman–Crippen LogP) is 0.202. The number of rotatable bonds is 11. The molecule has 21 heavy (non-hydrogen) atoms. The second kappa shape index (κ2) is 7.85. The Hall–Kier alpha value is -0.240. The quantitative estimate of drug-likeness (QED) is 0.420. The van der Waals surface area contributed by atoms with Gasteiger partial charge in [-0.3, -0.25) is 0 Å². The molecule has 0 aliphatic carbocycles. The van der Waals surface area contributed by atoms with E-state index in [0.29, 0.717) is 19.4 Å². The first kappa shape index (κ1) is 18.8. The average Bonchev–Trinajstić information content (AvgIpc) is 3.17. The molecule has 0 radical (unpaired) electrons. The highest BCUT2D eigenvalue weighted by molar-refractivity contribution is 4.78. The number of aliphatic hydroxyl groups excluding tert-OH is 2. The van der Waals surface area contributed by atoms with Crippen molar-refractivity contribution >= 4 is 0 Å². The van der Waals surface area contributed by atoms with E-state index in [4.69, 9.17) is 24.4 Å². The molecule has 126 valence electrons. The summed E-state index contributed by atoms with van der Waals surface area (Å²) in [4.78, 5) is 0. The van der Waals surface area contributed by atoms with Gasteiger partial charge in [0.2, 0.25) is 0 Å². The molecule has 0 aromatic rings. The normalized spacial score (nSPS) is 22.1. The molecule has 4 N–H and O–H groups in total. The number of epoxide rings is 1. The third-order valence-electron chi connectivity index (χ3n) is 3.41. The minimum Gasteiger partial charge on any atom is -0.441 e. The Bertz CT molecular complexity index is 301. The predicted molar refractivity (Wildman–Crippen MR) is 79.5 cm³/mol. The summed E-state index contributed by atoms with van der Waals surface area (Å²) in [5, 5.41) is 26.6. The van der Waals surface area contributed by atoms with Crippen LogP contribution in [0.2, 0.25) is 0 Å². The van der Waals surface area contributed by atoms with Gasteiger partial charge < -0.3 is 29.5 Å². The molecule has 1 fully saturated rings. The van der Waals surface area contributed by atoms with Crippen molar-refractivity contribution in [2.45, 2.75) is 70.1 Å². The Morgan fingerprint density at radius 2 is 1.76 bits per heavy atom. The summed E-state index contributed by atoms with van der Waals surface area (Å²) in [5.74, 6) is 0. The van der Waals surface area contributed by atoms with Crippen LogP contribution in [0, 0.1) is 0 Å². The smallest absolute Gasteiger partial charge is 0.179 e. The Labute approximate surface area is 127 Å². The topological polar surface area (TPSA) is 94.4 Å². The Morgan fingerprint density at radius 1 is 1.19 bits per heavy atom. The van der Waals surface area contributed by atoms with Crippen LogP contribution in [-0.2, 0) is 14.2 Å². The minimum atomic E-state index is -0.627. The molecular weight excluding hydrogens is 276 g/mol.